The summed E-state index contributed by atoms with van der Waals surface area (Å²) in [5.74, 6) is 1.18. The maximum Gasteiger partial charge on any atom is 0.267 e. The van der Waals surface area contributed by atoms with E-state index in [-0.39, 0.29) is 17.9 Å². The molecule has 0 spiro atoms. The van der Waals surface area contributed by atoms with Gasteiger partial charge >= 0.3 is 0 Å². The number of nitrogens with zero attached hydrogens (tertiary/aromatic N) is 4. The third kappa shape index (κ3) is 3.30. The first-order valence-electron chi connectivity index (χ1n) is 10.7. The van der Waals surface area contributed by atoms with Crippen molar-refractivity contribution in [2.24, 2.45) is 0 Å². The Morgan fingerprint density at radius 2 is 1.67 bits per heavy atom. The highest BCUT2D eigenvalue weighted by Gasteiger charge is 2.38. The molecule has 0 bridgehead atoms. The van der Waals surface area contributed by atoms with Gasteiger partial charge in [-0.1, -0.05) is 12.1 Å². The summed E-state index contributed by atoms with van der Waals surface area (Å²) in [4.78, 5) is 29.7. The van der Waals surface area contributed by atoms with E-state index in [1.165, 1.54) is 0 Å². The molecule has 3 aliphatic heterocycles. The molecule has 2 aromatic rings. The zero-order chi connectivity index (χ0) is 20.7. The van der Waals surface area contributed by atoms with Crippen LogP contribution in [-0.2, 0) is 17.8 Å². The molecule has 8 nitrogen and oxygen atoms in total. The maximum absolute atomic E-state index is 13.1. The normalized spacial score (nSPS) is 23.1. The maximum atomic E-state index is 13.1. The Morgan fingerprint density at radius 3 is 2.43 bits per heavy atom. The molecule has 5 rings (SSSR count). The van der Waals surface area contributed by atoms with Crippen LogP contribution >= 0.6 is 0 Å². The molecule has 0 N–H and O–H groups in total. The first-order valence-corrected chi connectivity index (χ1v) is 10.7. The lowest BCUT2D eigenvalue weighted by atomic mass is 10.1. The Bertz CT molecular complexity index is 964. The predicted molar refractivity (Wildman–Crippen MR) is 109 cm³/mol. The quantitative estimate of drug-likeness (QED) is 0.754. The molecule has 0 radical (unpaired) electrons. The number of ether oxygens (including phenoxy) is 2. The van der Waals surface area contributed by atoms with E-state index in [0.717, 1.165) is 31.5 Å². The highest BCUT2D eigenvalue weighted by molar-refractivity contribution is 5.95. The molecule has 1 aromatic carbocycles. The highest BCUT2D eigenvalue weighted by atomic mass is 16.6. The third-order valence-electron chi connectivity index (χ3n) is 6.18. The van der Waals surface area contributed by atoms with Crippen LogP contribution in [-0.4, -0.2) is 69.8 Å². The topological polar surface area (TPSA) is 76.9 Å². The van der Waals surface area contributed by atoms with E-state index in [9.17, 15) is 9.59 Å². The molecule has 0 aliphatic carbocycles. The van der Waals surface area contributed by atoms with Gasteiger partial charge in [-0.15, -0.1) is 0 Å². The van der Waals surface area contributed by atoms with Crippen LogP contribution in [0.5, 0.6) is 11.5 Å². The molecule has 30 heavy (non-hydrogen) atoms. The average Bonchev–Trinajstić information content (AvgIpc) is 3.22. The number of amides is 2. The van der Waals surface area contributed by atoms with Crippen molar-refractivity contribution in [3.8, 4) is 11.5 Å². The van der Waals surface area contributed by atoms with Crippen molar-refractivity contribution in [2.45, 2.75) is 44.9 Å². The van der Waals surface area contributed by atoms with Gasteiger partial charge in [-0.25, -0.2) is 0 Å². The lowest BCUT2D eigenvalue weighted by Crippen LogP contribution is -2.56. The van der Waals surface area contributed by atoms with Crippen molar-refractivity contribution >= 4 is 11.8 Å². The number of aryl methyl sites for hydroxylation is 1. The Kier molecular flexibility index (Phi) is 4.84. The molecule has 2 amide bonds. The smallest absolute Gasteiger partial charge is 0.267 e. The van der Waals surface area contributed by atoms with E-state index < -0.39 is 6.10 Å². The fourth-order valence-corrected chi connectivity index (χ4v) is 4.47. The van der Waals surface area contributed by atoms with E-state index >= 15 is 0 Å². The number of carbonyl (C=O) groups excluding carboxylic acids is 2. The number of rotatable bonds is 2. The molecule has 0 saturated carbocycles. The molecule has 3 aliphatic rings. The number of hydrogen-bond donors (Lipinski definition) is 0. The number of hydrogen-bond acceptors (Lipinski definition) is 5. The second kappa shape index (κ2) is 7.66. The van der Waals surface area contributed by atoms with Gasteiger partial charge in [0.25, 0.3) is 11.8 Å². The Morgan fingerprint density at radius 1 is 0.967 bits per heavy atom. The Balaban J connectivity index is 1.22. The van der Waals surface area contributed by atoms with Gasteiger partial charge in [0.15, 0.2) is 11.5 Å². The number of carbonyl (C=O) groups is 2. The zero-order valence-electron chi connectivity index (χ0n) is 17.1. The summed E-state index contributed by atoms with van der Waals surface area (Å²) in [6.07, 6.45) is 3.76. The summed E-state index contributed by atoms with van der Waals surface area (Å²) in [6, 6.07) is 7.39. The number of piperazine rings is 1. The van der Waals surface area contributed by atoms with E-state index in [4.69, 9.17) is 9.47 Å². The minimum Gasteiger partial charge on any atom is -0.482 e. The summed E-state index contributed by atoms with van der Waals surface area (Å²) in [6.45, 7) is 4.73. The largest absolute Gasteiger partial charge is 0.482 e. The van der Waals surface area contributed by atoms with E-state index in [2.05, 4.69) is 5.10 Å². The second-order valence-electron chi connectivity index (χ2n) is 8.11. The van der Waals surface area contributed by atoms with E-state index in [1.807, 2.05) is 40.8 Å². The molecule has 4 heterocycles. The molecule has 2 unspecified atom stereocenters. The van der Waals surface area contributed by atoms with Crippen LogP contribution < -0.4 is 9.47 Å². The minimum atomic E-state index is -0.676. The van der Waals surface area contributed by atoms with E-state index in [0.29, 0.717) is 43.2 Å². The monoisotopic (exact) mass is 410 g/mol. The van der Waals surface area contributed by atoms with Gasteiger partial charge in [-0.3, -0.25) is 14.3 Å². The van der Waals surface area contributed by atoms with Crippen molar-refractivity contribution in [3.63, 3.8) is 0 Å². The molecule has 1 aromatic heterocycles. The van der Waals surface area contributed by atoms with Crippen molar-refractivity contribution in [3.05, 3.63) is 41.7 Å². The van der Waals surface area contributed by atoms with E-state index in [1.54, 1.807) is 11.1 Å². The first kappa shape index (κ1) is 19.0. The van der Waals surface area contributed by atoms with Crippen LogP contribution in [0.15, 0.2) is 30.5 Å². The lowest BCUT2D eigenvalue weighted by Gasteiger charge is -2.38. The van der Waals surface area contributed by atoms with Crippen molar-refractivity contribution < 1.29 is 19.1 Å². The van der Waals surface area contributed by atoms with Crippen LogP contribution in [0.3, 0.4) is 0 Å². The third-order valence-corrected chi connectivity index (χ3v) is 6.18. The number of fused-ring (bicyclic) bond motifs is 2. The molecular weight excluding hydrogens is 384 g/mol. The highest BCUT2D eigenvalue weighted by Crippen LogP contribution is 2.34. The fraction of sp³-hybridized carbons (Fsp3) is 0.500. The summed E-state index contributed by atoms with van der Waals surface area (Å²) < 4.78 is 13.8. The molecule has 158 valence electrons. The molecule has 1 fully saturated rings. The van der Waals surface area contributed by atoms with Crippen LogP contribution in [0.2, 0.25) is 0 Å². The Hall–Kier alpha value is -3.03. The summed E-state index contributed by atoms with van der Waals surface area (Å²) in [5, 5.41) is 4.38. The van der Waals surface area contributed by atoms with Gasteiger partial charge in [0.05, 0.1) is 17.5 Å². The number of benzene rings is 1. The van der Waals surface area contributed by atoms with Crippen molar-refractivity contribution in [1.82, 2.24) is 19.6 Å². The van der Waals surface area contributed by atoms with Gasteiger partial charge < -0.3 is 19.3 Å². The second-order valence-corrected chi connectivity index (χ2v) is 8.11. The van der Waals surface area contributed by atoms with Crippen LogP contribution in [0, 0.1) is 0 Å². The summed E-state index contributed by atoms with van der Waals surface area (Å²) in [7, 11) is 0. The van der Waals surface area contributed by atoms with Gasteiger partial charge in [0, 0.05) is 32.7 Å². The van der Waals surface area contributed by atoms with Gasteiger partial charge in [0.1, 0.15) is 6.10 Å². The summed E-state index contributed by atoms with van der Waals surface area (Å²) >= 11 is 0. The Labute approximate surface area is 175 Å². The number of aromatic nitrogens is 2. The minimum absolute atomic E-state index is 0.0183. The van der Waals surface area contributed by atoms with Gasteiger partial charge in [-0.2, -0.15) is 5.10 Å². The fourth-order valence-electron chi connectivity index (χ4n) is 4.47. The first-order chi connectivity index (χ1) is 14.6. The van der Waals surface area contributed by atoms with Crippen molar-refractivity contribution in [2.75, 3.05) is 26.2 Å². The summed E-state index contributed by atoms with van der Waals surface area (Å²) in [5.41, 5.74) is 1.76. The van der Waals surface area contributed by atoms with Crippen LogP contribution in [0.25, 0.3) is 0 Å². The number of para-hydroxylation sites is 2. The van der Waals surface area contributed by atoms with Crippen LogP contribution in [0.1, 0.15) is 35.8 Å². The van der Waals surface area contributed by atoms with Gasteiger partial charge in [0.2, 0.25) is 6.10 Å². The predicted octanol–water partition coefficient (Wildman–Crippen LogP) is 1.73. The lowest BCUT2D eigenvalue weighted by molar-refractivity contribution is -0.145. The molecule has 1 saturated heterocycles. The molecular formula is C22H26N4O4. The average molecular weight is 410 g/mol. The standard InChI is InChI=1S/C22H26N4O4/c1-15-20(30-19-8-3-2-7-18(19)29-15)22(28)25-12-10-24(11-13-25)21(27)16-14-23-26-9-5-4-6-17(16)26/h2-3,7-8,14-15,20H,4-6,9-13H2,1H3. The van der Waals surface area contributed by atoms with Gasteiger partial charge in [-0.05, 0) is 38.3 Å². The zero-order valence-corrected chi connectivity index (χ0v) is 17.1. The SMILES string of the molecule is CC1Oc2ccccc2OC1C(=O)N1CCN(C(=O)c2cnn3c2CCCC3)CC1. The van der Waals surface area contributed by atoms with Crippen LogP contribution in [0.4, 0.5) is 0 Å². The molecule has 2 atom stereocenters. The molecule has 8 heteroatoms. The van der Waals surface area contributed by atoms with Crippen molar-refractivity contribution in [1.29, 1.82) is 0 Å².